The molecule has 29 heavy (non-hydrogen) atoms. The fourth-order valence-corrected chi connectivity index (χ4v) is 3.10. The van der Waals surface area contributed by atoms with Gasteiger partial charge in [0.2, 0.25) is 0 Å². The van der Waals surface area contributed by atoms with Crippen molar-refractivity contribution in [2.24, 2.45) is 0 Å². The first-order chi connectivity index (χ1) is 14.1. The number of carbonyl (C=O) groups is 1. The summed E-state index contributed by atoms with van der Waals surface area (Å²) >= 11 is 0. The number of hydrogen-bond donors (Lipinski definition) is 3. The van der Waals surface area contributed by atoms with E-state index in [1.165, 1.54) is 7.11 Å². The Labute approximate surface area is 169 Å². The number of aromatic nitrogens is 2. The van der Waals surface area contributed by atoms with E-state index in [9.17, 15) is 9.90 Å². The van der Waals surface area contributed by atoms with Crippen molar-refractivity contribution >= 4 is 17.1 Å². The second-order valence-corrected chi connectivity index (χ2v) is 6.54. The molecule has 1 aromatic heterocycles. The zero-order valence-corrected chi connectivity index (χ0v) is 16.6. The van der Waals surface area contributed by atoms with E-state index in [0.717, 1.165) is 24.0 Å². The summed E-state index contributed by atoms with van der Waals surface area (Å²) in [5.41, 5.74) is 2.59. The predicted molar refractivity (Wildman–Crippen MR) is 110 cm³/mol. The van der Waals surface area contributed by atoms with E-state index in [4.69, 9.17) is 9.47 Å². The van der Waals surface area contributed by atoms with Crippen molar-refractivity contribution in [2.45, 2.75) is 19.1 Å². The van der Waals surface area contributed by atoms with Gasteiger partial charge in [-0.15, -0.1) is 0 Å². The smallest absolute Gasteiger partial charge is 0.314 e. The molecular formula is C21H26N4O4. The molecular weight excluding hydrogens is 372 g/mol. The van der Waals surface area contributed by atoms with Crippen LogP contribution < -0.4 is 20.1 Å². The van der Waals surface area contributed by atoms with Gasteiger partial charge in [-0.1, -0.05) is 12.1 Å². The number of imidazole rings is 1. The number of methoxy groups -OCH3 is 2. The Hall–Kier alpha value is -3.26. The second-order valence-electron chi connectivity index (χ2n) is 6.54. The predicted octanol–water partition coefficient (Wildman–Crippen LogP) is 2.48. The normalized spacial score (nSPS) is 11.8. The van der Waals surface area contributed by atoms with Crippen molar-refractivity contribution < 1.29 is 19.4 Å². The van der Waals surface area contributed by atoms with Gasteiger partial charge >= 0.3 is 6.03 Å². The van der Waals surface area contributed by atoms with Crippen LogP contribution in [0.5, 0.6) is 11.5 Å². The molecule has 154 valence electrons. The van der Waals surface area contributed by atoms with Gasteiger partial charge in [0.25, 0.3) is 0 Å². The van der Waals surface area contributed by atoms with Crippen molar-refractivity contribution in [1.82, 2.24) is 20.2 Å². The molecule has 0 radical (unpaired) electrons. The van der Waals surface area contributed by atoms with Crippen molar-refractivity contribution in [3.05, 3.63) is 54.4 Å². The molecule has 2 amide bonds. The zero-order valence-electron chi connectivity index (χ0n) is 16.6. The van der Waals surface area contributed by atoms with Crippen LogP contribution in [0.4, 0.5) is 4.79 Å². The fourth-order valence-electron chi connectivity index (χ4n) is 3.10. The number of amides is 2. The number of carbonyl (C=O) groups excluding carboxylic acids is 1. The van der Waals surface area contributed by atoms with Crippen LogP contribution in [0, 0.1) is 0 Å². The summed E-state index contributed by atoms with van der Waals surface area (Å²) in [5.74, 6) is 1.14. The number of rotatable bonds is 9. The number of nitrogens with zero attached hydrogens (tertiary/aromatic N) is 2. The third-order valence-corrected chi connectivity index (χ3v) is 4.64. The maximum atomic E-state index is 12.0. The van der Waals surface area contributed by atoms with Gasteiger partial charge in [-0.2, -0.15) is 0 Å². The molecule has 0 aliphatic heterocycles. The number of fused-ring (bicyclic) bond motifs is 1. The van der Waals surface area contributed by atoms with E-state index in [1.54, 1.807) is 25.3 Å². The van der Waals surface area contributed by atoms with Crippen LogP contribution in [0.1, 0.15) is 18.1 Å². The molecule has 8 nitrogen and oxygen atoms in total. The topological polar surface area (TPSA) is 97.6 Å². The Bertz CT molecular complexity index is 957. The lowest BCUT2D eigenvalue weighted by Gasteiger charge is -2.17. The molecule has 0 spiro atoms. The summed E-state index contributed by atoms with van der Waals surface area (Å²) in [6.45, 7) is 1.32. The average Bonchev–Trinajstić information content (AvgIpc) is 3.17. The summed E-state index contributed by atoms with van der Waals surface area (Å²) in [4.78, 5) is 16.4. The second kappa shape index (κ2) is 9.79. The first-order valence-electron chi connectivity index (χ1n) is 9.44. The van der Waals surface area contributed by atoms with Gasteiger partial charge in [0.05, 0.1) is 31.6 Å². The summed E-state index contributed by atoms with van der Waals surface area (Å²) < 4.78 is 12.5. The van der Waals surface area contributed by atoms with E-state index in [0.29, 0.717) is 23.6 Å². The molecule has 0 aliphatic carbocycles. The first-order valence-corrected chi connectivity index (χ1v) is 9.44. The Morgan fingerprint density at radius 2 is 2.00 bits per heavy atom. The van der Waals surface area contributed by atoms with Crippen LogP contribution >= 0.6 is 0 Å². The number of ether oxygens (including phenoxy) is 2. The van der Waals surface area contributed by atoms with Crippen molar-refractivity contribution in [2.75, 3.05) is 27.3 Å². The quantitative estimate of drug-likeness (QED) is 0.481. The van der Waals surface area contributed by atoms with Gasteiger partial charge in [-0.3, -0.25) is 0 Å². The van der Waals surface area contributed by atoms with E-state index < -0.39 is 6.10 Å². The molecule has 8 heteroatoms. The minimum Gasteiger partial charge on any atom is -0.497 e. The van der Waals surface area contributed by atoms with Gasteiger partial charge in [0, 0.05) is 25.2 Å². The van der Waals surface area contributed by atoms with Crippen LogP contribution in [-0.4, -0.2) is 48.0 Å². The number of aryl methyl sites for hydroxylation is 1. The Morgan fingerprint density at radius 1 is 1.17 bits per heavy atom. The molecule has 3 N–H and O–H groups in total. The SMILES string of the molecule is COc1ccc(OC)c(C(O)CNC(=O)NCCCn2cnc3ccccc32)c1. The van der Waals surface area contributed by atoms with Crippen molar-refractivity contribution in [1.29, 1.82) is 0 Å². The highest BCUT2D eigenvalue weighted by atomic mass is 16.5. The molecule has 0 aliphatic rings. The highest BCUT2D eigenvalue weighted by Crippen LogP contribution is 2.29. The standard InChI is InChI=1S/C21H26N4O4/c1-28-15-8-9-20(29-2)16(12-15)19(26)13-23-21(27)22-10-5-11-25-14-24-17-6-3-4-7-18(17)25/h3-4,6-9,12,14,19,26H,5,10-11,13H2,1-2H3,(H2,22,23,27). The monoisotopic (exact) mass is 398 g/mol. The number of nitrogens with one attached hydrogen (secondary N) is 2. The maximum absolute atomic E-state index is 12.0. The van der Waals surface area contributed by atoms with Crippen LogP contribution in [0.3, 0.4) is 0 Å². The molecule has 1 unspecified atom stereocenters. The molecule has 0 bridgehead atoms. The third kappa shape index (κ3) is 5.17. The van der Waals surface area contributed by atoms with Gasteiger partial charge in [0.1, 0.15) is 17.6 Å². The summed E-state index contributed by atoms with van der Waals surface area (Å²) in [6, 6.07) is 12.8. The van der Waals surface area contributed by atoms with Gasteiger partial charge in [-0.05, 0) is 36.8 Å². The first kappa shape index (κ1) is 20.5. The zero-order chi connectivity index (χ0) is 20.6. The third-order valence-electron chi connectivity index (χ3n) is 4.64. The van der Waals surface area contributed by atoms with Gasteiger partial charge in [-0.25, -0.2) is 9.78 Å². The molecule has 1 atom stereocenters. The molecule has 2 aromatic carbocycles. The fraction of sp³-hybridized carbons (Fsp3) is 0.333. The lowest BCUT2D eigenvalue weighted by Crippen LogP contribution is -2.38. The Morgan fingerprint density at radius 3 is 2.79 bits per heavy atom. The lowest BCUT2D eigenvalue weighted by molar-refractivity contribution is 0.169. The van der Waals surface area contributed by atoms with E-state index in [1.807, 2.05) is 30.6 Å². The summed E-state index contributed by atoms with van der Waals surface area (Å²) in [7, 11) is 3.08. The Balaban J connectivity index is 1.43. The number of aliphatic hydroxyl groups is 1. The van der Waals surface area contributed by atoms with Gasteiger partial charge in [0.15, 0.2) is 0 Å². The average molecular weight is 398 g/mol. The summed E-state index contributed by atoms with van der Waals surface area (Å²) in [6.07, 6.45) is 1.66. The highest BCUT2D eigenvalue weighted by Gasteiger charge is 2.15. The van der Waals surface area contributed by atoms with Crippen molar-refractivity contribution in [3.8, 4) is 11.5 Å². The van der Waals surface area contributed by atoms with Crippen molar-refractivity contribution in [3.63, 3.8) is 0 Å². The molecule has 3 aromatic rings. The lowest BCUT2D eigenvalue weighted by atomic mass is 10.1. The molecule has 0 saturated heterocycles. The number of urea groups is 1. The number of para-hydroxylation sites is 2. The van der Waals surface area contributed by atoms with Crippen LogP contribution in [-0.2, 0) is 6.54 Å². The molecule has 3 rings (SSSR count). The van der Waals surface area contributed by atoms with Gasteiger partial charge < -0.3 is 29.8 Å². The van der Waals surface area contributed by atoms with Crippen LogP contribution in [0.25, 0.3) is 11.0 Å². The molecule has 0 fully saturated rings. The maximum Gasteiger partial charge on any atom is 0.314 e. The number of aliphatic hydroxyl groups excluding tert-OH is 1. The van der Waals surface area contributed by atoms with E-state index in [-0.39, 0.29) is 12.6 Å². The Kier molecular flexibility index (Phi) is 6.91. The summed E-state index contributed by atoms with van der Waals surface area (Å²) in [5, 5.41) is 15.9. The molecule has 1 heterocycles. The number of hydrogen-bond acceptors (Lipinski definition) is 5. The largest absolute Gasteiger partial charge is 0.497 e. The number of benzene rings is 2. The van der Waals surface area contributed by atoms with E-state index in [2.05, 4.69) is 20.2 Å². The minimum absolute atomic E-state index is 0.0571. The highest BCUT2D eigenvalue weighted by molar-refractivity contribution is 5.75. The minimum atomic E-state index is -0.914. The van der Waals surface area contributed by atoms with Crippen LogP contribution in [0.15, 0.2) is 48.8 Å². The molecule has 0 saturated carbocycles. The van der Waals surface area contributed by atoms with Crippen LogP contribution in [0.2, 0.25) is 0 Å². The van der Waals surface area contributed by atoms with E-state index >= 15 is 0 Å².